The van der Waals surface area contributed by atoms with Crippen molar-refractivity contribution in [1.82, 2.24) is 0 Å². The summed E-state index contributed by atoms with van der Waals surface area (Å²) in [7, 11) is 0. The SMILES string of the molecule is O=[N+]([O-])c1ccc(NCC2CCOCC2)c(Cl)c1. The normalized spacial score (nSPS) is 16.5. The van der Waals surface area contributed by atoms with Crippen molar-refractivity contribution < 1.29 is 9.66 Å². The summed E-state index contributed by atoms with van der Waals surface area (Å²) in [6, 6.07) is 4.48. The highest BCUT2D eigenvalue weighted by Gasteiger charge is 2.14. The number of halogens is 1. The molecule has 1 fully saturated rings. The van der Waals surface area contributed by atoms with Crippen LogP contribution >= 0.6 is 11.6 Å². The second-order valence-corrected chi connectivity index (χ2v) is 4.77. The van der Waals surface area contributed by atoms with Gasteiger partial charge in [-0.25, -0.2) is 0 Å². The molecule has 1 aromatic carbocycles. The van der Waals surface area contributed by atoms with E-state index in [1.54, 1.807) is 6.07 Å². The molecule has 0 spiro atoms. The topological polar surface area (TPSA) is 64.4 Å². The Morgan fingerprint density at radius 2 is 2.17 bits per heavy atom. The molecule has 1 aliphatic heterocycles. The van der Waals surface area contributed by atoms with Crippen LogP contribution in [0.4, 0.5) is 11.4 Å². The quantitative estimate of drug-likeness (QED) is 0.674. The maximum absolute atomic E-state index is 10.6. The minimum Gasteiger partial charge on any atom is -0.384 e. The van der Waals surface area contributed by atoms with E-state index >= 15 is 0 Å². The lowest BCUT2D eigenvalue weighted by atomic mass is 10.0. The molecule has 0 saturated carbocycles. The summed E-state index contributed by atoms with van der Waals surface area (Å²) < 4.78 is 5.29. The lowest BCUT2D eigenvalue weighted by molar-refractivity contribution is -0.384. The molecule has 1 N–H and O–H groups in total. The van der Waals surface area contributed by atoms with E-state index in [1.165, 1.54) is 12.1 Å². The van der Waals surface area contributed by atoms with Crippen molar-refractivity contribution in [1.29, 1.82) is 0 Å². The van der Waals surface area contributed by atoms with Gasteiger partial charge in [0.15, 0.2) is 0 Å². The zero-order valence-corrected chi connectivity index (χ0v) is 10.7. The number of hydrogen-bond donors (Lipinski definition) is 1. The first-order valence-corrected chi connectivity index (χ1v) is 6.30. The van der Waals surface area contributed by atoms with Gasteiger partial charge in [-0.15, -0.1) is 0 Å². The number of anilines is 1. The van der Waals surface area contributed by atoms with Gasteiger partial charge in [-0.2, -0.15) is 0 Å². The first-order chi connectivity index (χ1) is 8.66. The zero-order valence-electron chi connectivity index (χ0n) is 9.89. The molecule has 6 heteroatoms. The fraction of sp³-hybridized carbons (Fsp3) is 0.500. The third-order valence-electron chi connectivity index (χ3n) is 3.09. The molecule has 1 aromatic rings. The molecule has 18 heavy (non-hydrogen) atoms. The van der Waals surface area contributed by atoms with Gasteiger partial charge in [0.1, 0.15) is 0 Å². The molecule has 0 bridgehead atoms. The number of non-ortho nitro benzene ring substituents is 1. The van der Waals surface area contributed by atoms with E-state index in [0.29, 0.717) is 10.9 Å². The highest BCUT2D eigenvalue weighted by Crippen LogP contribution is 2.27. The number of ether oxygens (including phenoxy) is 1. The number of nitro benzene ring substituents is 1. The molecule has 5 nitrogen and oxygen atoms in total. The highest BCUT2D eigenvalue weighted by atomic mass is 35.5. The third-order valence-corrected chi connectivity index (χ3v) is 3.40. The van der Waals surface area contributed by atoms with Gasteiger partial charge < -0.3 is 10.1 Å². The fourth-order valence-corrected chi connectivity index (χ4v) is 2.21. The van der Waals surface area contributed by atoms with Gasteiger partial charge >= 0.3 is 0 Å². The van der Waals surface area contributed by atoms with Gasteiger partial charge in [-0.05, 0) is 24.8 Å². The van der Waals surface area contributed by atoms with Gasteiger partial charge in [-0.3, -0.25) is 10.1 Å². The second-order valence-electron chi connectivity index (χ2n) is 4.36. The van der Waals surface area contributed by atoms with Gasteiger partial charge in [0, 0.05) is 31.9 Å². The molecular formula is C12H15ClN2O3. The molecule has 0 aliphatic carbocycles. The summed E-state index contributed by atoms with van der Waals surface area (Å²) in [6.45, 7) is 2.43. The van der Waals surface area contributed by atoms with Crippen LogP contribution in [-0.4, -0.2) is 24.7 Å². The number of nitrogens with zero attached hydrogens (tertiary/aromatic N) is 1. The summed E-state index contributed by atoms with van der Waals surface area (Å²) in [5, 5.41) is 14.2. The van der Waals surface area contributed by atoms with Crippen molar-refractivity contribution in [2.45, 2.75) is 12.8 Å². The average Bonchev–Trinajstić information content (AvgIpc) is 2.38. The number of hydrogen-bond acceptors (Lipinski definition) is 4. The van der Waals surface area contributed by atoms with Gasteiger partial charge in [0.25, 0.3) is 5.69 Å². The molecule has 0 radical (unpaired) electrons. The Kier molecular flexibility index (Phi) is 4.38. The van der Waals surface area contributed by atoms with Crippen molar-refractivity contribution in [2.75, 3.05) is 25.1 Å². The van der Waals surface area contributed by atoms with E-state index in [0.717, 1.165) is 38.3 Å². The van der Waals surface area contributed by atoms with Crippen molar-refractivity contribution in [3.63, 3.8) is 0 Å². The summed E-state index contributed by atoms with van der Waals surface area (Å²) in [6.07, 6.45) is 2.08. The van der Waals surface area contributed by atoms with E-state index in [9.17, 15) is 10.1 Å². The van der Waals surface area contributed by atoms with E-state index in [4.69, 9.17) is 16.3 Å². The minimum absolute atomic E-state index is 0.0108. The Hall–Kier alpha value is -1.33. The smallest absolute Gasteiger partial charge is 0.271 e. The molecule has 0 atom stereocenters. The van der Waals surface area contributed by atoms with Crippen molar-refractivity contribution in [2.24, 2.45) is 5.92 Å². The van der Waals surface area contributed by atoms with Crippen LogP contribution in [0.2, 0.25) is 5.02 Å². The second kappa shape index (κ2) is 6.02. The van der Waals surface area contributed by atoms with E-state index in [-0.39, 0.29) is 5.69 Å². The molecule has 1 aliphatic rings. The molecule has 98 valence electrons. The lowest BCUT2D eigenvalue weighted by Crippen LogP contribution is -2.22. The van der Waals surface area contributed by atoms with Crippen LogP contribution in [0.5, 0.6) is 0 Å². The summed E-state index contributed by atoms with van der Waals surface area (Å²) in [5.41, 5.74) is 0.755. The van der Waals surface area contributed by atoms with Crippen LogP contribution in [-0.2, 0) is 4.74 Å². The first-order valence-electron chi connectivity index (χ1n) is 5.92. The van der Waals surface area contributed by atoms with Gasteiger partial charge in [0.05, 0.1) is 15.6 Å². The van der Waals surface area contributed by atoms with Crippen LogP contribution in [0.15, 0.2) is 18.2 Å². The van der Waals surface area contributed by atoms with Crippen LogP contribution < -0.4 is 5.32 Å². The van der Waals surface area contributed by atoms with Crippen molar-refractivity contribution in [3.05, 3.63) is 33.3 Å². The number of nitro groups is 1. The lowest BCUT2D eigenvalue weighted by Gasteiger charge is -2.22. The minimum atomic E-state index is -0.450. The maximum atomic E-state index is 10.6. The largest absolute Gasteiger partial charge is 0.384 e. The Morgan fingerprint density at radius 3 is 2.78 bits per heavy atom. The van der Waals surface area contributed by atoms with Crippen molar-refractivity contribution in [3.8, 4) is 0 Å². The Balaban J connectivity index is 1.94. The van der Waals surface area contributed by atoms with Gasteiger partial charge in [-0.1, -0.05) is 11.6 Å². The van der Waals surface area contributed by atoms with Gasteiger partial charge in [0.2, 0.25) is 0 Å². The average molecular weight is 271 g/mol. The molecule has 0 amide bonds. The molecule has 1 saturated heterocycles. The maximum Gasteiger partial charge on any atom is 0.271 e. The first kappa shape index (κ1) is 13.1. The van der Waals surface area contributed by atoms with Crippen LogP contribution in [0.3, 0.4) is 0 Å². The molecule has 1 heterocycles. The summed E-state index contributed by atoms with van der Waals surface area (Å²) in [4.78, 5) is 10.1. The summed E-state index contributed by atoms with van der Waals surface area (Å²) in [5.74, 6) is 0.574. The number of nitrogens with one attached hydrogen (secondary N) is 1. The van der Waals surface area contributed by atoms with Crippen LogP contribution in [0, 0.1) is 16.0 Å². The fourth-order valence-electron chi connectivity index (χ4n) is 1.97. The van der Waals surface area contributed by atoms with Crippen LogP contribution in [0.25, 0.3) is 0 Å². The van der Waals surface area contributed by atoms with E-state index in [1.807, 2.05) is 0 Å². The monoisotopic (exact) mass is 270 g/mol. The van der Waals surface area contributed by atoms with E-state index < -0.39 is 4.92 Å². The predicted molar refractivity (Wildman–Crippen MR) is 70.1 cm³/mol. The van der Waals surface area contributed by atoms with Crippen LogP contribution in [0.1, 0.15) is 12.8 Å². The molecule has 2 rings (SSSR count). The third kappa shape index (κ3) is 3.34. The van der Waals surface area contributed by atoms with Crippen molar-refractivity contribution >= 4 is 23.0 Å². The van der Waals surface area contributed by atoms with E-state index in [2.05, 4.69) is 5.32 Å². The number of rotatable bonds is 4. The predicted octanol–water partition coefficient (Wildman–Crippen LogP) is 3.09. The standard InChI is InChI=1S/C12H15ClN2O3/c13-11-7-10(15(16)17)1-2-12(11)14-8-9-3-5-18-6-4-9/h1-2,7,9,14H,3-6,8H2. The summed E-state index contributed by atoms with van der Waals surface area (Å²) >= 11 is 6.00. The number of benzene rings is 1. The molecular weight excluding hydrogens is 256 g/mol. The molecule has 0 unspecified atom stereocenters. The highest BCUT2D eigenvalue weighted by molar-refractivity contribution is 6.33. The Labute approximate surface area is 110 Å². The Bertz CT molecular complexity index is 433. The molecule has 0 aromatic heterocycles. The Morgan fingerprint density at radius 1 is 1.44 bits per heavy atom. The zero-order chi connectivity index (χ0) is 13.0.